The highest BCUT2D eigenvalue weighted by Crippen LogP contribution is 2.20. The number of hydrogen-bond donors (Lipinski definition) is 0. The molecule has 5 heteroatoms. The lowest BCUT2D eigenvalue weighted by molar-refractivity contribution is -0.384. The van der Waals surface area contributed by atoms with Gasteiger partial charge in [0.05, 0.1) is 4.92 Å². The molecule has 102 valence electrons. The molecular weight excluding hydrogens is 242 g/mol. The lowest BCUT2D eigenvalue weighted by Crippen LogP contribution is -2.46. The van der Waals surface area contributed by atoms with E-state index in [4.69, 9.17) is 0 Å². The van der Waals surface area contributed by atoms with E-state index in [0.29, 0.717) is 0 Å². The van der Waals surface area contributed by atoms with Crippen molar-refractivity contribution in [2.75, 3.05) is 37.6 Å². The zero-order valence-corrected chi connectivity index (χ0v) is 11.2. The van der Waals surface area contributed by atoms with Crippen LogP contribution in [0.3, 0.4) is 0 Å². The fourth-order valence-corrected chi connectivity index (χ4v) is 2.33. The van der Waals surface area contributed by atoms with Crippen LogP contribution in [0.15, 0.2) is 36.4 Å². The summed E-state index contributed by atoms with van der Waals surface area (Å²) < 4.78 is 0. The van der Waals surface area contributed by atoms with Crippen molar-refractivity contribution in [1.82, 2.24) is 4.90 Å². The number of nitro groups is 1. The summed E-state index contributed by atoms with van der Waals surface area (Å²) in [6, 6.07) is 6.78. The molecule has 1 aromatic carbocycles. The molecular formula is C14H19N3O2. The molecule has 0 saturated carbocycles. The Morgan fingerprint density at radius 1 is 1.26 bits per heavy atom. The van der Waals surface area contributed by atoms with Gasteiger partial charge in [0.1, 0.15) is 0 Å². The van der Waals surface area contributed by atoms with Gasteiger partial charge < -0.3 is 4.90 Å². The molecule has 1 fully saturated rings. The molecule has 0 spiro atoms. The fourth-order valence-electron chi connectivity index (χ4n) is 2.33. The van der Waals surface area contributed by atoms with E-state index in [0.717, 1.165) is 38.4 Å². The van der Waals surface area contributed by atoms with Gasteiger partial charge in [0.2, 0.25) is 0 Å². The average molecular weight is 261 g/mol. The summed E-state index contributed by atoms with van der Waals surface area (Å²) >= 11 is 0. The predicted molar refractivity (Wildman–Crippen MR) is 76.6 cm³/mol. The van der Waals surface area contributed by atoms with Crippen LogP contribution in [0, 0.1) is 10.1 Å². The highest BCUT2D eigenvalue weighted by atomic mass is 16.6. The molecule has 0 bridgehead atoms. The topological polar surface area (TPSA) is 49.6 Å². The van der Waals surface area contributed by atoms with Gasteiger partial charge >= 0.3 is 0 Å². The highest BCUT2D eigenvalue weighted by molar-refractivity contribution is 5.51. The summed E-state index contributed by atoms with van der Waals surface area (Å²) in [7, 11) is 0. The van der Waals surface area contributed by atoms with Crippen LogP contribution in [0.4, 0.5) is 11.4 Å². The van der Waals surface area contributed by atoms with Crippen LogP contribution in [0.1, 0.15) is 6.92 Å². The Kier molecular flexibility index (Phi) is 4.16. The zero-order valence-electron chi connectivity index (χ0n) is 11.2. The molecule has 5 nitrogen and oxygen atoms in total. The Labute approximate surface area is 113 Å². The first-order valence-corrected chi connectivity index (χ1v) is 6.42. The van der Waals surface area contributed by atoms with E-state index in [1.807, 2.05) is 19.1 Å². The number of non-ortho nitro benzene ring substituents is 1. The molecule has 1 heterocycles. The number of rotatable bonds is 4. The van der Waals surface area contributed by atoms with Crippen LogP contribution in [0.25, 0.3) is 0 Å². The Balaban J connectivity index is 1.94. The molecule has 1 aliphatic rings. The smallest absolute Gasteiger partial charge is 0.269 e. The molecule has 0 N–H and O–H groups in total. The van der Waals surface area contributed by atoms with Gasteiger partial charge in [-0.05, 0) is 19.1 Å². The average Bonchev–Trinajstić information content (AvgIpc) is 2.39. The SMILES string of the molecule is C=C(C)CN1CCN(c2ccc([N+](=O)[O-])cc2)CC1. The van der Waals surface area contributed by atoms with Crippen molar-refractivity contribution in [2.24, 2.45) is 0 Å². The number of piperazine rings is 1. The van der Waals surface area contributed by atoms with E-state index in [1.54, 1.807) is 12.1 Å². The molecule has 1 saturated heterocycles. The Hall–Kier alpha value is -1.88. The molecule has 0 radical (unpaired) electrons. The van der Waals surface area contributed by atoms with Crippen molar-refractivity contribution in [2.45, 2.75) is 6.92 Å². The second kappa shape index (κ2) is 5.84. The van der Waals surface area contributed by atoms with Crippen molar-refractivity contribution >= 4 is 11.4 Å². The standard InChI is InChI=1S/C14H19N3O2/c1-12(2)11-15-7-9-16(10-8-15)13-3-5-14(6-4-13)17(18)19/h3-6H,1,7-11H2,2H3. The maximum Gasteiger partial charge on any atom is 0.269 e. The van der Waals surface area contributed by atoms with Crippen LogP contribution >= 0.6 is 0 Å². The van der Waals surface area contributed by atoms with E-state index in [2.05, 4.69) is 16.4 Å². The minimum atomic E-state index is -0.366. The van der Waals surface area contributed by atoms with Gasteiger partial charge in [-0.15, -0.1) is 0 Å². The van der Waals surface area contributed by atoms with E-state index < -0.39 is 0 Å². The van der Waals surface area contributed by atoms with Gasteiger partial charge in [-0.2, -0.15) is 0 Å². The maximum atomic E-state index is 10.6. The monoisotopic (exact) mass is 261 g/mol. The lowest BCUT2D eigenvalue weighted by atomic mass is 10.2. The van der Waals surface area contributed by atoms with Crippen LogP contribution < -0.4 is 4.90 Å². The van der Waals surface area contributed by atoms with Crippen LogP contribution in [-0.2, 0) is 0 Å². The van der Waals surface area contributed by atoms with Gasteiger partial charge in [-0.3, -0.25) is 15.0 Å². The number of benzene rings is 1. The quantitative estimate of drug-likeness (QED) is 0.474. The molecule has 0 aliphatic carbocycles. The minimum absolute atomic E-state index is 0.143. The summed E-state index contributed by atoms with van der Waals surface area (Å²) in [6.45, 7) is 10.8. The maximum absolute atomic E-state index is 10.6. The molecule has 0 atom stereocenters. The Bertz CT molecular complexity index is 462. The predicted octanol–water partition coefficient (Wildman–Crippen LogP) is 2.29. The summed E-state index contributed by atoms with van der Waals surface area (Å²) in [5.41, 5.74) is 2.38. The lowest BCUT2D eigenvalue weighted by Gasteiger charge is -2.36. The minimum Gasteiger partial charge on any atom is -0.369 e. The van der Waals surface area contributed by atoms with E-state index in [1.165, 1.54) is 5.57 Å². The van der Waals surface area contributed by atoms with E-state index in [-0.39, 0.29) is 10.6 Å². The zero-order chi connectivity index (χ0) is 13.8. The van der Waals surface area contributed by atoms with Crippen molar-refractivity contribution in [1.29, 1.82) is 0 Å². The van der Waals surface area contributed by atoms with Crippen molar-refractivity contribution in [3.8, 4) is 0 Å². The van der Waals surface area contributed by atoms with Crippen molar-refractivity contribution < 1.29 is 4.92 Å². The van der Waals surface area contributed by atoms with Crippen molar-refractivity contribution in [3.05, 3.63) is 46.5 Å². The molecule has 0 unspecified atom stereocenters. The first-order valence-electron chi connectivity index (χ1n) is 6.42. The molecule has 1 aliphatic heterocycles. The largest absolute Gasteiger partial charge is 0.369 e. The third-order valence-corrected chi connectivity index (χ3v) is 3.29. The molecule has 0 amide bonds. The first-order chi connectivity index (χ1) is 9.06. The normalized spacial score (nSPS) is 16.4. The second-order valence-corrected chi connectivity index (χ2v) is 4.99. The van der Waals surface area contributed by atoms with Gasteiger partial charge in [0.15, 0.2) is 0 Å². The highest BCUT2D eigenvalue weighted by Gasteiger charge is 2.17. The van der Waals surface area contributed by atoms with Gasteiger partial charge in [-0.1, -0.05) is 12.2 Å². The van der Waals surface area contributed by atoms with Crippen molar-refractivity contribution in [3.63, 3.8) is 0 Å². The summed E-state index contributed by atoms with van der Waals surface area (Å²) in [5, 5.41) is 10.6. The number of anilines is 1. The second-order valence-electron chi connectivity index (χ2n) is 4.99. The van der Waals surface area contributed by atoms with E-state index >= 15 is 0 Å². The van der Waals surface area contributed by atoms with Crippen LogP contribution in [0.5, 0.6) is 0 Å². The number of nitrogens with zero attached hydrogens (tertiary/aromatic N) is 3. The first kappa shape index (κ1) is 13.5. The molecule has 19 heavy (non-hydrogen) atoms. The third kappa shape index (κ3) is 3.54. The van der Waals surface area contributed by atoms with Crippen LogP contribution in [-0.4, -0.2) is 42.5 Å². The number of hydrogen-bond acceptors (Lipinski definition) is 4. The van der Waals surface area contributed by atoms with E-state index in [9.17, 15) is 10.1 Å². The third-order valence-electron chi connectivity index (χ3n) is 3.29. The van der Waals surface area contributed by atoms with Crippen LogP contribution in [0.2, 0.25) is 0 Å². The Morgan fingerprint density at radius 3 is 2.32 bits per heavy atom. The summed E-state index contributed by atoms with van der Waals surface area (Å²) in [4.78, 5) is 14.9. The summed E-state index contributed by atoms with van der Waals surface area (Å²) in [6.07, 6.45) is 0. The van der Waals surface area contributed by atoms with Gasteiger partial charge in [0, 0.05) is 50.5 Å². The molecule has 1 aromatic rings. The van der Waals surface area contributed by atoms with Gasteiger partial charge in [-0.25, -0.2) is 0 Å². The molecule has 0 aromatic heterocycles. The molecule has 2 rings (SSSR count). The van der Waals surface area contributed by atoms with Gasteiger partial charge in [0.25, 0.3) is 5.69 Å². The summed E-state index contributed by atoms with van der Waals surface area (Å²) in [5.74, 6) is 0. The number of nitro benzene ring substituents is 1. The fraction of sp³-hybridized carbons (Fsp3) is 0.429. The Morgan fingerprint density at radius 2 is 1.84 bits per heavy atom.